The Kier molecular flexibility index (Phi) is 3.11. The molecule has 2 saturated heterocycles. The highest BCUT2D eigenvalue weighted by Crippen LogP contribution is 2.06. The molecule has 2 aliphatic heterocycles. The van der Waals surface area contributed by atoms with E-state index in [9.17, 15) is 9.59 Å². The third-order valence-electron chi connectivity index (χ3n) is 2.30. The fourth-order valence-electron chi connectivity index (χ4n) is 1.63. The van der Waals surface area contributed by atoms with Gasteiger partial charge in [0.25, 0.3) is 0 Å². The Morgan fingerprint density at radius 1 is 1.31 bits per heavy atom. The lowest BCUT2D eigenvalue weighted by atomic mass is 10.1. The molecule has 74 valence electrons. The van der Waals surface area contributed by atoms with Gasteiger partial charge >= 0.3 is 11.8 Å². The maximum atomic E-state index is 11.2. The van der Waals surface area contributed by atoms with Crippen molar-refractivity contribution in [3.63, 3.8) is 0 Å². The second-order valence-corrected chi connectivity index (χ2v) is 3.07. The van der Waals surface area contributed by atoms with Gasteiger partial charge in [0.1, 0.15) is 0 Å². The molecule has 2 rings (SSSR count). The van der Waals surface area contributed by atoms with Crippen LogP contribution in [0.2, 0.25) is 0 Å². The molecule has 2 heterocycles. The first-order valence-electron chi connectivity index (χ1n) is 4.08. The number of fused-ring (bicyclic) bond motifs is 1. The molecule has 0 aromatic rings. The number of nitrogens with zero attached hydrogens (tertiary/aromatic N) is 1. The fourth-order valence-corrected chi connectivity index (χ4v) is 1.63. The summed E-state index contributed by atoms with van der Waals surface area (Å²) in [4.78, 5) is 23.8. The Morgan fingerprint density at radius 2 is 2.08 bits per heavy atom. The first kappa shape index (κ1) is 10.3. The summed E-state index contributed by atoms with van der Waals surface area (Å²) in [5, 5.41) is 5.73. The Labute approximate surface area is 82.3 Å². The van der Waals surface area contributed by atoms with E-state index >= 15 is 0 Å². The monoisotopic (exact) mass is 205 g/mol. The average molecular weight is 206 g/mol. The molecule has 1 unspecified atom stereocenters. The van der Waals surface area contributed by atoms with Gasteiger partial charge in [-0.3, -0.25) is 9.59 Å². The smallest absolute Gasteiger partial charge is 0.312 e. The number of amides is 2. The predicted molar refractivity (Wildman–Crippen MR) is 48.6 cm³/mol. The van der Waals surface area contributed by atoms with Crippen LogP contribution in [0.1, 0.15) is 0 Å². The number of rotatable bonds is 0. The Hall–Kier alpha value is -0.810. The molecule has 2 amide bonds. The van der Waals surface area contributed by atoms with Crippen molar-refractivity contribution >= 4 is 24.2 Å². The summed E-state index contributed by atoms with van der Waals surface area (Å²) in [6, 6.07) is 0.156. The van der Waals surface area contributed by atoms with Gasteiger partial charge in [0, 0.05) is 26.2 Å². The first-order chi connectivity index (χ1) is 5.79. The zero-order valence-electron chi connectivity index (χ0n) is 7.08. The summed E-state index contributed by atoms with van der Waals surface area (Å²) >= 11 is 0. The van der Waals surface area contributed by atoms with Gasteiger partial charge in [-0.1, -0.05) is 0 Å². The molecule has 0 aromatic heterocycles. The summed E-state index contributed by atoms with van der Waals surface area (Å²) in [5.41, 5.74) is 0. The van der Waals surface area contributed by atoms with Gasteiger partial charge in [-0.25, -0.2) is 0 Å². The Bertz CT molecular complexity index is 234. The van der Waals surface area contributed by atoms with Gasteiger partial charge < -0.3 is 15.5 Å². The van der Waals surface area contributed by atoms with E-state index in [0.717, 1.165) is 13.1 Å². The Morgan fingerprint density at radius 3 is 2.85 bits per heavy atom. The molecule has 2 aliphatic rings. The molecule has 0 aliphatic carbocycles. The minimum absolute atomic E-state index is 0. The summed E-state index contributed by atoms with van der Waals surface area (Å²) in [6.45, 7) is 2.80. The lowest BCUT2D eigenvalue weighted by Gasteiger charge is -2.38. The van der Waals surface area contributed by atoms with E-state index in [1.807, 2.05) is 0 Å². The normalized spacial score (nSPS) is 27.4. The lowest BCUT2D eigenvalue weighted by molar-refractivity contribution is -0.151. The molecule has 0 saturated carbocycles. The number of piperazine rings is 2. The van der Waals surface area contributed by atoms with Crippen LogP contribution in [-0.4, -0.2) is 48.9 Å². The summed E-state index contributed by atoms with van der Waals surface area (Å²) in [7, 11) is 0. The van der Waals surface area contributed by atoms with Gasteiger partial charge in [-0.15, -0.1) is 12.4 Å². The third kappa shape index (κ3) is 1.76. The molecular formula is C7H12ClN3O2. The van der Waals surface area contributed by atoms with Gasteiger partial charge in [0.15, 0.2) is 0 Å². The number of hydrogen-bond donors (Lipinski definition) is 2. The van der Waals surface area contributed by atoms with E-state index in [1.54, 1.807) is 4.90 Å². The summed E-state index contributed by atoms with van der Waals surface area (Å²) < 4.78 is 0. The van der Waals surface area contributed by atoms with Gasteiger partial charge in [-0.2, -0.15) is 0 Å². The van der Waals surface area contributed by atoms with E-state index in [4.69, 9.17) is 0 Å². The quantitative estimate of drug-likeness (QED) is 0.466. The van der Waals surface area contributed by atoms with Crippen molar-refractivity contribution in [2.75, 3.05) is 26.2 Å². The van der Waals surface area contributed by atoms with E-state index in [0.29, 0.717) is 13.1 Å². The zero-order valence-corrected chi connectivity index (χ0v) is 7.89. The van der Waals surface area contributed by atoms with Gasteiger partial charge in [0.2, 0.25) is 0 Å². The highest BCUT2D eigenvalue weighted by Gasteiger charge is 2.34. The highest BCUT2D eigenvalue weighted by molar-refractivity contribution is 6.35. The average Bonchev–Trinajstić information content (AvgIpc) is 2.12. The predicted octanol–water partition coefficient (Wildman–Crippen LogP) is -1.66. The van der Waals surface area contributed by atoms with E-state index in [1.165, 1.54) is 0 Å². The van der Waals surface area contributed by atoms with Crippen LogP contribution < -0.4 is 10.6 Å². The summed E-state index contributed by atoms with van der Waals surface area (Å²) in [5.74, 6) is -0.846. The topological polar surface area (TPSA) is 61.4 Å². The largest absolute Gasteiger partial charge is 0.346 e. The standard InChI is InChI=1S/C7H11N3O2.ClH/c11-6-7(12)10-2-1-8-3-5(10)4-9-6;/h5,8H,1-4H2,(H,9,11);1H. The first-order valence-corrected chi connectivity index (χ1v) is 4.08. The molecule has 6 heteroatoms. The molecule has 0 radical (unpaired) electrons. The van der Waals surface area contributed by atoms with Crippen LogP contribution in [0.25, 0.3) is 0 Å². The second kappa shape index (κ2) is 3.93. The number of halogens is 1. The third-order valence-corrected chi connectivity index (χ3v) is 2.30. The van der Waals surface area contributed by atoms with Crippen LogP contribution in [0, 0.1) is 0 Å². The molecule has 0 spiro atoms. The van der Waals surface area contributed by atoms with Crippen LogP contribution in [0.15, 0.2) is 0 Å². The van der Waals surface area contributed by atoms with Crippen LogP contribution in [0.5, 0.6) is 0 Å². The van der Waals surface area contributed by atoms with Gasteiger partial charge in [-0.05, 0) is 0 Å². The van der Waals surface area contributed by atoms with Crippen molar-refractivity contribution in [2.45, 2.75) is 6.04 Å². The fraction of sp³-hybridized carbons (Fsp3) is 0.714. The zero-order chi connectivity index (χ0) is 8.55. The maximum Gasteiger partial charge on any atom is 0.312 e. The van der Waals surface area contributed by atoms with Crippen molar-refractivity contribution in [3.05, 3.63) is 0 Å². The summed E-state index contributed by atoms with van der Waals surface area (Å²) in [6.07, 6.45) is 0. The lowest BCUT2D eigenvalue weighted by Crippen LogP contribution is -2.64. The van der Waals surface area contributed by atoms with Crippen molar-refractivity contribution in [2.24, 2.45) is 0 Å². The van der Waals surface area contributed by atoms with Crippen LogP contribution in [0.3, 0.4) is 0 Å². The molecule has 0 bridgehead atoms. The molecule has 0 aromatic carbocycles. The number of nitrogens with one attached hydrogen (secondary N) is 2. The van der Waals surface area contributed by atoms with Crippen molar-refractivity contribution in [1.29, 1.82) is 0 Å². The number of carbonyl (C=O) groups is 2. The molecule has 1 atom stereocenters. The molecule has 2 fully saturated rings. The van der Waals surface area contributed by atoms with E-state index in [2.05, 4.69) is 10.6 Å². The van der Waals surface area contributed by atoms with Crippen LogP contribution in [-0.2, 0) is 9.59 Å². The van der Waals surface area contributed by atoms with E-state index < -0.39 is 5.91 Å². The van der Waals surface area contributed by atoms with Crippen molar-refractivity contribution < 1.29 is 9.59 Å². The second-order valence-electron chi connectivity index (χ2n) is 3.07. The highest BCUT2D eigenvalue weighted by atomic mass is 35.5. The van der Waals surface area contributed by atoms with Gasteiger partial charge in [0.05, 0.1) is 6.04 Å². The maximum absolute atomic E-state index is 11.2. The Balaban J connectivity index is 0.000000845. The number of carbonyl (C=O) groups excluding carboxylic acids is 2. The van der Waals surface area contributed by atoms with Crippen LogP contribution >= 0.6 is 12.4 Å². The number of hydrogen-bond acceptors (Lipinski definition) is 3. The minimum atomic E-state index is -0.465. The SMILES string of the molecule is Cl.O=C1NCC2CNCCN2C1=O. The molecular weight excluding hydrogens is 194 g/mol. The molecule has 5 nitrogen and oxygen atoms in total. The van der Waals surface area contributed by atoms with Crippen molar-refractivity contribution in [1.82, 2.24) is 15.5 Å². The van der Waals surface area contributed by atoms with Crippen LogP contribution in [0.4, 0.5) is 0 Å². The van der Waals surface area contributed by atoms with Crippen molar-refractivity contribution in [3.8, 4) is 0 Å². The molecule has 2 N–H and O–H groups in total. The minimum Gasteiger partial charge on any atom is -0.346 e. The molecule has 13 heavy (non-hydrogen) atoms. The van der Waals surface area contributed by atoms with E-state index in [-0.39, 0.29) is 24.4 Å².